The van der Waals surface area contributed by atoms with Crippen LogP contribution in [0.5, 0.6) is 0 Å². The first-order valence-corrected chi connectivity index (χ1v) is 6.92. The van der Waals surface area contributed by atoms with Crippen LogP contribution in [0.1, 0.15) is 18.5 Å². The molecule has 1 aromatic heterocycles. The van der Waals surface area contributed by atoms with Crippen molar-refractivity contribution >= 4 is 22.6 Å². The zero-order valence-corrected chi connectivity index (χ0v) is 10.8. The van der Waals surface area contributed by atoms with Crippen LogP contribution in [-0.2, 0) is 6.18 Å². The van der Waals surface area contributed by atoms with Crippen molar-refractivity contribution in [1.29, 1.82) is 0 Å². The number of hydrogen-bond acceptors (Lipinski definition) is 4. The Labute approximate surface area is 112 Å². The fraction of sp³-hybridized carbons (Fsp3) is 0.500. The van der Waals surface area contributed by atoms with E-state index >= 15 is 0 Å². The van der Waals surface area contributed by atoms with Crippen molar-refractivity contribution < 1.29 is 13.2 Å². The Morgan fingerprint density at radius 2 is 2.05 bits per heavy atom. The van der Waals surface area contributed by atoms with E-state index in [1.807, 2.05) is 0 Å². The summed E-state index contributed by atoms with van der Waals surface area (Å²) in [6.07, 6.45) is -0.670. The van der Waals surface area contributed by atoms with E-state index in [9.17, 15) is 13.2 Å². The summed E-state index contributed by atoms with van der Waals surface area (Å²) in [5, 5.41) is 4.32. The Hall–Kier alpha value is -1.24. The third-order valence-electron chi connectivity index (χ3n) is 3.13. The van der Waals surface area contributed by atoms with Crippen LogP contribution < -0.4 is 5.32 Å². The molecule has 0 bridgehead atoms. The number of alkyl halides is 3. The third-order valence-corrected chi connectivity index (χ3v) is 4.42. The van der Waals surface area contributed by atoms with E-state index in [4.69, 9.17) is 0 Å². The van der Waals surface area contributed by atoms with E-state index in [1.54, 1.807) is 11.8 Å². The van der Waals surface area contributed by atoms with Crippen molar-refractivity contribution in [2.45, 2.75) is 24.3 Å². The average Bonchev–Trinajstić information content (AvgIpc) is 3.10. The lowest BCUT2D eigenvalue weighted by Crippen LogP contribution is -2.11. The number of rotatable bonds is 2. The standard InChI is InChI=1S/C12H12F3N3S/c13-12(14,15)10-4-3-8(5-16-10)18-11-17-6-9(19-11)7-1-2-7/h3-5,7,9H,1-2,6H2,(H,17,18). The van der Waals surface area contributed by atoms with Gasteiger partial charge in [0, 0.05) is 5.25 Å². The highest BCUT2D eigenvalue weighted by Gasteiger charge is 2.35. The lowest BCUT2D eigenvalue weighted by Gasteiger charge is -2.09. The molecule has 1 aromatic rings. The molecule has 0 saturated heterocycles. The van der Waals surface area contributed by atoms with Gasteiger partial charge in [-0.15, -0.1) is 0 Å². The van der Waals surface area contributed by atoms with Crippen molar-refractivity contribution in [3.63, 3.8) is 0 Å². The number of halogens is 3. The number of hydrogen-bond donors (Lipinski definition) is 1. The Morgan fingerprint density at radius 1 is 1.26 bits per heavy atom. The summed E-state index contributed by atoms with van der Waals surface area (Å²) >= 11 is 1.67. The predicted octanol–water partition coefficient (Wildman–Crippen LogP) is 3.39. The second-order valence-corrected chi connectivity index (χ2v) is 5.92. The van der Waals surface area contributed by atoms with Gasteiger partial charge in [0.1, 0.15) is 5.69 Å². The molecule has 0 amide bonds. The first-order valence-electron chi connectivity index (χ1n) is 6.04. The monoisotopic (exact) mass is 287 g/mol. The molecule has 1 aliphatic carbocycles. The van der Waals surface area contributed by atoms with Gasteiger partial charge in [-0.3, -0.25) is 4.99 Å². The molecule has 0 spiro atoms. The number of thioether (sulfide) groups is 1. The van der Waals surface area contributed by atoms with E-state index < -0.39 is 11.9 Å². The highest BCUT2D eigenvalue weighted by Crippen LogP contribution is 2.42. The van der Waals surface area contributed by atoms with Gasteiger partial charge in [-0.25, -0.2) is 4.98 Å². The fourth-order valence-electron chi connectivity index (χ4n) is 1.93. The van der Waals surface area contributed by atoms with E-state index in [-0.39, 0.29) is 0 Å². The van der Waals surface area contributed by atoms with Crippen molar-refractivity contribution in [1.82, 2.24) is 4.98 Å². The molecule has 1 aliphatic heterocycles. The van der Waals surface area contributed by atoms with E-state index in [2.05, 4.69) is 15.3 Å². The van der Waals surface area contributed by atoms with E-state index in [1.165, 1.54) is 25.1 Å². The molecular formula is C12H12F3N3S. The number of nitrogens with one attached hydrogen (secondary N) is 1. The number of pyridine rings is 1. The minimum Gasteiger partial charge on any atom is -0.334 e. The zero-order chi connectivity index (χ0) is 13.5. The summed E-state index contributed by atoms with van der Waals surface area (Å²) in [6.45, 7) is 0.797. The van der Waals surface area contributed by atoms with Crippen LogP contribution in [0.15, 0.2) is 23.3 Å². The highest BCUT2D eigenvalue weighted by molar-refractivity contribution is 8.15. The lowest BCUT2D eigenvalue weighted by atomic mass is 10.3. The molecular weight excluding hydrogens is 275 g/mol. The first kappa shape index (κ1) is 12.8. The van der Waals surface area contributed by atoms with Gasteiger partial charge in [-0.1, -0.05) is 11.8 Å². The normalized spacial score (nSPS) is 23.3. The molecule has 2 heterocycles. The van der Waals surface area contributed by atoms with Gasteiger partial charge in [0.05, 0.1) is 18.4 Å². The topological polar surface area (TPSA) is 37.3 Å². The summed E-state index contributed by atoms with van der Waals surface area (Å²) in [4.78, 5) is 7.77. The van der Waals surface area contributed by atoms with Gasteiger partial charge < -0.3 is 5.32 Å². The van der Waals surface area contributed by atoms with Crippen LogP contribution in [0.25, 0.3) is 0 Å². The Kier molecular flexibility index (Phi) is 3.16. The van der Waals surface area contributed by atoms with Gasteiger partial charge in [-0.05, 0) is 30.9 Å². The minimum atomic E-state index is -4.39. The summed E-state index contributed by atoms with van der Waals surface area (Å²) < 4.78 is 37.1. The maximum absolute atomic E-state index is 12.4. The molecule has 1 atom stereocenters. The third kappa shape index (κ3) is 3.02. The van der Waals surface area contributed by atoms with Crippen LogP contribution in [0.2, 0.25) is 0 Å². The number of anilines is 1. The summed E-state index contributed by atoms with van der Waals surface area (Å²) in [5.41, 5.74) is -0.342. The second kappa shape index (κ2) is 4.70. The molecule has 3 nitrogen and oxygen atoms in total. The van der Waals surface area contributed by atoms with Crippen molar-refractivity contribution in [3.8, 4) is 0 Å². The van der Waals surface area contributed by atoms with Crippen molar-refractivity contribution in [2.75, 3.05) is 11.9 Å². The molecule has 1 N–H and O–H groups in total. The van der Waals surface area contributed by atoms with Gasteiger partial charge in [-0.2, -0.15) is 13.2 Å². The lowest BCUT2D eigenvalue weighted by molar-refractivity contribution is -0.141. The fourth-order valence-corrected chi connectivity index (χ4v) is 3.16. The quantitative estimate of drug-likeness (QED) is 0.906. The number of nitrogens with zero attached hydrogens (tertiary/aromatic N) is 2. The van der Waals surface area contributed by atoms with Gasteiger partial charge in [0.25, 0.3) is 0 Å². The van der Waals surface area contributed by atoms with Crippen molar-refractivity contribution in [3.05, 3.63) is 24.0 Å². The van der Waals surface area contributed by atoms with Crippen LogP contribution in [0.4, 0.5) is 18.9 Å². The molecule has 3 rings (SSSR count). The SMILES string of the molecule is FC(F)(F)c1ccc(NC2=NCC(C3CC3)S2)cn1. The minimum absolute atomic E-state index is 0.532. The van der Waals surface area contributed by atoms with Gasteiger partial charge in [0.2, 0.25) is 0 Å². The predicted molar refractivity (Wildman–Crippen MR) is 69.3 cm³/mol. The molecule has 2 aliphatic rings. The van der Waals surface area contributed by atoms with Crippen molar-refractivity contribution in [2.24, 2.45) is 10.9 Å². The highest BCUT2D eigenvalue weighted by atomic mass is 32.2. The number of amidine groups is 1. The largest absolute Gasteiger partial charge is 0.433 e. The molecule has 7 heteroatoms. The second-order valence-electron chi connectivity index (χ2n) is 4.69. The number of aliphatic imine (C=N–C) groups is 1. The zero-order valence-electron chi connectivity index (χ0n) is 9.94. The molecule has 0 radical (unpaired) electrons. The Morgan fingerprint density at radius 3 is 2.63 bits per heavy atom. The summed E-state index contributed by atoms with van der Waals surface area (Å²) in [7, 11) is 0. The Bertz CT molecular complexity index is 494. The van der Waals surface area contributed by atoms with Crippen LogP contribution >= 0.6 is 11.8 Å². The average molecular weight is 287 g/mol. The van der Waals surface area contributed by atoms with E-state index in [0.717, 1.165) is 23.7 Å². The van der Waals surface area contributed by atoms with Crippen LogP contribution in [0, 0.1) is 5.92 Å². The summed E-state index contributed by atoms with van der Waals surface area (Å²) in [6, 6.07) is 2.35. The van der Waals surface area contributed by atoms with Gasteiger partial charge in [0.15, 0.2) is 5.17 Å². The first-order chi connectivity index (χ1) is 9.02. The van der Waals surface area contributed by atoms with E-state index in [0.29, 0.717) is 10.9 Å². The van der Waals surface area contributed by atoms with Crippen LogP contribution in [0.3, 0.4) is 0 Å². The maximum atomic E-state index is 12.4. The molecule has 1 unspecified atom stereocenters. The summed E-state index contributed by atoms with van der Waals surface area (Å²) in [5.74, 6) is 0.763. The van der Waals surface area contributed by atoms with Gasteiger partial charge >= 0.3 is 6.18 Å². The molecule has 1 fully saturated rings. The molecule has 19 heavy (non-hydrogen) atoms. The maximum Gasteiger partial charge on any atom is 0.433 e. The molecule has 102 valence electrons. The molecule has 1 saturated carbocycles. The van der Waals surface area contributed by atoms with Crippen LogP contribution in [-0.4, -0.2) is 21.9 Å². The smallest absolute Gasteiger partial charge is 0.334 e. The molecule has 0 aromatic carbocycles. The number of aromatic nitrogens is 1. The Balaban J connectivity index is 1.61.